The first-order chi connectivity index (χ1) is 19.3. The number of pyridine rings is 1. The van der Waals surface area contributed by atoms with Gasteiger partial charge in [0.05, 0.1) is 10.6 Å². The van der Waals surface area contributed by atoms with Gasteiger partial charge in [0.25, 0.3) is 11.4 Å². The molecular formula is C25H17F5N4O5S2. The van der Waals surface area contributed by atoms with Gasteiger partial charge in [-0.1, -0.05) is 0 Å². The first-order valence-electron chi connectivity index (χ1n) is 11.6. The van der Waals surface area contributed by atoms with Gasteiger partial charge in [-0.15, -0.1) is 21.5 Å². The number of alkyl halides is 3. The van der Waals surface area contributed by atoms with Gasteiger partial charge in [-0.05, 0) is 43.3 Å². The number of benzene rings is 2. The number of sulfonamides is 1. The Kier molecular flexibility index (Phi) is 7.07. The minimum Gasteiger partial charge on any atom is -0.454 e. The Morgan fingerprint density at radius 2 is 1.78 bits per heavy atom. The van der Waals surface area contributed by atoms with Crippen LogP contribution in [0.5, 0.6) is 11.5 Å². The third-order valence-electron chi connectivity index (χ3n) is 5.77. The van der Waals surface area contributed by atoms with Gasteiger partial charge in [0.1, 0.15) is 16.3 Å². The number of halogens is 5. The molecule has 0 radical (unpaired) electrons. The molecule has 5 aromatic rings. The summed E-state index contributed by atoms with van der Waals surface area (Å²) < 4.78 is 106. The molecular weight excluding hydrogens is 595 g/mol. The highest BCUT2D eigenvalue weighted by molar-refractivity contribution is 7.92. The topological polar surface area (TPSA) is 116 Å². The standard InChI is InChI=1S/C25H17F5N4O5S2/c1-3-41(36,37)33-13-5-7-18(38-19-6-4-12(26)8-17(19)27)14(9-13)16-11-34(2)23(35)21-15(16)10-20(40-21)22-31-32-24(39-22)25(28,29)30/h4-11,33H,3H2,1-2H3. The van der Waals surface area contributed by atoms with Crippen LogP contribution in [0.15, 0.2) is 57.9 Å². The van der Waals surface area contributed by atoms with Crippen LogP contribution in [0.1, 0.15) is 12.8 Å². The van der Waals surface area contributed by atoms with Gasteiger partial charge in [0, 0.05) is 41.5 Å². The second-order valence-corrected chi connectivity index (χ2v) is 11.7. The Labute approximate surface area is 231 Å². The molecule has 214 valence electrons. The maximum atomic E-state index is 14.5. The average Bonchev–Trinajstić information content (AvgIpc) is 3.57. The number of nitrogens with one attached hydrogen (secondary N) is 1. The highest BCUT2D eigenvalue weighted by atomic mass is 32.2. The van der Waals surface area contributed by atoms with Crippen molar-refractivity contribution in [2.45, 2.75) is 13.1 Å². The van der Waals surface area contributed by atoms with Crippen molar-refractivity contribution in [2.75, 3.05) is 10.5 Å². The van der Waals surface area contributed by atoms with Crippen molar-refractivity contribution in [1.29, 1.82) is 0 Å². The summed E-state index contributed by atoms with van der Waals surface area (Å²) in [5.41, 5.74) is 0.0649. The molecule has 0 atom stereocenters. The van der Waals surface area contributed by atoms with Gasteiger partial charge in [-0.3, -0.25) is 9.52 Å². The third-order valence-corrected chi connectivity index (χ3v) is 8.19. The van der Waals surface area contributed by atoms with Crippen molar-refractivity contribution < 1.29 is 39.5 Å². The first kappa shape index (κ1) is 28.2. The maximum Gasteiger partial charge on any atom is 0.470 e. The van der Waals surface area contributed by atoms with Crippen LogP contribution in [0.3, 0.4) is 0 Å². The van der Waals surface area contributed by atoms with Crippen LogP contribution >= 0.6 is 11.3 Å². The number of hydrogen-bond acceptors (Lipinski definition) is 8. The molecule has 0 saturated carbocycles. The van der Waals surface area contributed by atoms with E-state index >= 15 is 0 Å². The van der Waals surface area contributed by atoms with Crippen LogP contribution in [-0.4, -0.2) is 28.9 Å². The number of aryl methyl sites for hydroxylation is 1. The number of aromatic nitrogens is 3. The summed E-state index contributed by atoms with van der Waals surface area (Å²) in [6.07, 6.45) is -3.48. The van der Waals surface area contributed by atoms with Crippen LogP contribution in [0, 0.1) is 11.6 Å². The van der Waals surface area contributed by atoms with Gasteiger partial charge in [-0.2, -0.15) is 13.2 Å². The van der Waals surface area contributed by atoms with Gasteiger partial charge < -0.3 is 13.7 Å². The van der Waals surface area contributed by atoms with Gasteiger partial charge in [0.15, 0.2) is 11.6 Å². The fourth-order valence-electron chi connectivity index (χ4n) is 3.81. The Morgan fingerprint density at radius 3 is 2.44 bits per heavy atom. The zero-order valence-electron chi connectivity index (χ0n) is 20.9. The monoisotopic (exact) mass is 612 g/mol. The zero-order chi connectivity index (χ0) is 29.7. The number of rotatable bonds is 7. The molecule has 41 heavy (non-hydrogen) atoms. The number of anilines is 1. The molecule has 0 unspecified atom stereocenters. The minimum absolute atomic E-state index is 0.000184. The zero-order valence-corrected chi connectivity index (χ0v) is 22.5. The van der Waals surface area contributed by atoms with Crippen molar-refractivity contribution in [1.82, 2.24) is 14.8 Å². The van der Waals surface area contributed by atoms with E-state index in [1.54, 1.807) is 0 Å². The Bertz CT molecular complexity index is 1970. The van der Waals surface area contributed by atoms with Gasteiger partial charge in [-0.25, -0.2) is 17.2 Å². The third kappa shape index (κ3) is 5.65. The lowest BCUT2D eigenvalue weighted by molar-refractivity contribution is -0.156. The molecule has 0 amide bonds. The molecule has 1 N–H and O–H groups in total. The number of fused-ring (bicyclic) bond motifs is 1. The van der Waals surface area contributed by atoms with Crippen molar-refractivity contribution in [2.24, 2.45) is 7.05 Å². The molecule has 5 rings (SSSR count). The quantitative estimate of drug-likeness (QED) is 0.219. The molecule has 0 bridgehead atoms. The highest BCUT2D eigenvalue weighted by Gasteiger charge is 2.38. The SMILES string of the molecule is CCS(=O)(=O)Nc1ccc(Oc2ccc(F)cc2F)c(-c2cn(C)c(=O)c3sc(-c4nnc(C(F)(F)F)o4)cc23)c1. The van der Waals surface area contributed by atoms with Crippen molar-refractivity contribution in [3.63, 3.8) is 0 Å². The number of nitrogens with zero attached hydrogens (tertiary/aromatic N) is 3. The molecule has 0 fully saturated rings. The predicted molar refractivity (Wildman–Crippen MR) is 140 cm³/mol. The van der Waals surface area contributed by atoms with E-state index in [1.807, 2.05) is 0 Å². The van der Waals surface area contributed by atoms with Crippen molar-refractivity contribution in [3.05, 3.63) is 76.5 Å². The Morgan fingerprint density at radius 1 is 1.05 bits per heavy atom. The van der Waals surface area contributed by atoms with Gasteiger partial charge >= 0.3 is 12.1 Å². The molecule has 3 aromatic heterocycles. The molecule has 3 heterocycles. The van der Waals surface area contributed by atoms with Gasteiger partial charge in [0.2, 0.25) is 10.0 Å². The molecule has 0 spiro atoms. The normalized spacial score (nSPS) is 12.2. The summed E-state index contributed by atoms with van der Waals surface area (Å²) in [4.78, 5) is 13.0. The number of hydrogen-bond donors (Lipinski definition) is 1. The molecule has 16 heteroatoms. The fraction of sp³-hybridized carbons (Fsp3) is 0.160. The second kappa shape index (κ2) is 10.3. The second-order valence-electron chi connectivity index (χ2n) is 8.62. The molecule has 0 aliphatic carbocycles. The summed E-state index contributed by atoms with van der Waals surface area (Å²) >= 11 is 0.805. The molecule has 2 aromatic carbocycles. The summed E-state index contributed by atoms with van der Waals surface area (Å²) in [6, 6.07) is 8.14. The lowest BCUT2D eigenvalue weighted by atomic mass is 10.0. The summed E-state index contributed by atoms with van der Waals surface area (Å²) in [5.74, 6) is -4.45. The van der Waals surface area contributed by atoms with Crippen molar-refractivity contribution >= 4 is 37.1 Å². The summed E-state index contributed by atoms with van der Waals surface area (Å²) in [6.45, 7) is 1.43. The Balaban J connectivity index is 1.72. The molecule has 0 aliphatic heterocycles. The number of ether oxygens (including phenoxy) is 1. The number of thiophene rings is 1. The lowest BCUT2D eigenvalue weighted by Crippen LogP contribution is -2.16. The smallest absolute Gasteiger partial charge is 0.454 e. The van der Waals surface area contributed by atoms with E-state index in [9.17, 15) is 35.2 Å². The predicted octanol–water partition coefficient (Wildman–Crippen LogP) is 6.17. The van der Waals surface area contributed by atoms with Crippen molar-refractivity contribution in [3.8, 4) is 33.4 Å². The lowest BCUT2D eigenvalue weighted by Gasteiger charge is -2.16. The van der Waals surface area contributed by atoms with E-state index in [-0.39, 0.29) is 49.0 Å². The van der Waals surface area contributed by atoms with E-state index in [0.717, 1.165) is 23.5 Å². The molecule has 0 aliphatic rings. The largest absolute Gasteiger partial charge is 0.470 e. The van der Waals surface area contributed by atoms with E-state index < -0.39 is 45.2 Å². The van der Waals surface area contributed by atoms with E-state index in [4.69, 9.17) is 9.15 Å². The van der Waals surface area contributed by atoms with Crippen LogP contribution < -0.4 is 15.0 Å². The maximum absolute atomic E-state index is 14.5. The summed E-state index contributed by atoms with van der Waals surface area (Å²) in [5, 5.41) is 6.70. The van der Waals surface area contributed by atoms with E-state index in [1.165, 1.54) is 49.0 Å². The van der Waals surface area contributed by atoms with E-state index in [2.05, 4.69) is 14.9 Å². The summed E-state index contributed by atoms with van der Waals surface area (Å²) in [7, 11) is -2.29. The van der Waals surface area contributed by atoms with Crippen LogP contribution in [0.2, 0.25) is 0 Å². The average molecular weight is 613 g/mol. The highest BCUT2D eigenvalue weighted by Crippen LogP contribution is 2.42. The van der Waals surface area contributed by atoms with Crippen LogP contribution in [-0.2, 0) is 23.2 Å². The van der Waals surface area contributed by atoms with E-state index in [0.29, 0.717) is 6.07 Å². The first-order valence-corrected chi connectivity index (χ1v) is 14.0. The van der Waals surface area contributed by atoms with Crippen LogP contribution in [0.4, 0.5) is 27.6 Å². The molecule has 0 saturated heterocycles. The Hall–Kier alpha value is -4.31. The molecule has 9 nitrogen and oxygen atoms in total. The fourth-order valence-corrected chi connectivity index (χ4v) is 5.52. The minimum atomic E-state index is -4.88. The van der Waals surface area contributed by atoms with Crippen LogP contribution in [0.25, 0.3) is 32.0 Å².